The van der Waals surface area contributed by atoms with Gasteiger partial charge in [0.05, 0.1) is 13.2 Å². The Bertz CT molecular complexity index is 997. The van der Waals surface area contributed by atoms with Crippen molar-refractivity contribution in [2.75, 3.05) is 6.61 Å². The molecule has 1 fully saturated rings. The SMILES string of the molecule is CCOC(=O)c1cc2n(n1)C[C@](C)(C(=O)NC1CCCCC1)N(Cc1ccccc1)C2=O. The van der Waals surface area contributed by atoms with Crippen LogP contribution in [-0.2, 0) is 22.6 Å². The predicted octanol–water partition coefficient (Wildman–Crippen LogP) is 2.92. The molecule has 1 atom stereocenters. The van der Waals surface area contributed by atoms with E-state index in [-0.39, 0.29) is 48.9 Å². The average molecular weight is 439 g/mol. The second-order valence-corrected chi connectivity index (χ2v) is 8.75. The van der Waals surface area contributed by atoms with E-state index < -0.39 is 11.5 Å². The molecule has 2 aromatic rings. The van der Waals surface area contributed by atoms with Gasteiger partial charge in [0.1, 0.15) is 11.2 Å². The molecule has 0 saturated heterocycles. The first kappa shape index (κ1) is 22.0. The van der Waals surface area contributed by atoms with Crippen LogP contribution in [0, 0.1) is 0 Å². The highest BCUT2D eigenvalue weighted by atomic mass is 16.5. The minimum absolute atomic E-state index is 0.0757. The summed E-state index contributed by atoms with van der Waals surface area (Å²) >= 11 is 0. The first-order chi connectivity index (χ1) is 15.4. The maximum atomic E-state index is 13.6. The maximum Gasteiger partial charge on any atom is 0.358 e. The van der Waals surface area contributed by atoms with E-state index in [0.29, 0.717) is 0 Å². The molecule has 2 aliphatic rings. The van der Waals surface area contributed by atoms with Crippen LogP contribution in [0.5, 0.6) is 0 Å². The van der Waals surface area contributed by atoms with Crippen molar-refractivity contribution in [2.24, 2.45) is 0 Å². The third-order valence-corrected chi connectivity index (χ3v) is 6.40. The quantitative estimate of drug-likeness (QED) is 0.700. The van der Waals surface area contributed by atoms with Gasteiger partial charge < -0.3 is 15.0 Å². The lowest BCUT2D eigenvalue weighted by Crippen LogP contribution is -2.64. The predicted molar refractivity (Wildman–Crippen MR) is 118 cm³/mol. The van der Waals surface area contributed by atoms with Gasteiger partial charge in [-0.1, -0.05) is 49.6 Å². The van der Waals surface area contributed by atoms with Crippen LogP contribution in [0.25, 0.3) is 0 Å². The summed E-state index contributed by atoms with van der Waals surface area (Å²) in [6, 6.07) is 11.2. The molecule has 0 bridgehead atoms. The van der Waals surface area contributed by atoms with E-state index in [2.05, 4.69) is 10.4 Å². The van der Waals surface area contributed by atoms with Crippen molar-refractivity contribution in [3.8, 4) is 0 Å². The Labute approximate surface area is 187 Å². The minimum Gasteiger partial charge on any atom is -0.461 e. The normalized spacial score (nSPS) is 21.2. The maximum absolute atomic E-state index is 13.6. The first-order valence-electron chi connectivity index (χ1n) is 11.3. The number of carbonyl (C=O) groups excluding carboxylic acids is 3. The molecule has 1 aliphatic heterocycles. The highest BCUT2D eigenvalue weighted by Gasteiger charge is 2.48. The number of rotatable bonds is 6. The van der Waals surface area contributed by atoms with Gasteiger partial charge in [-0.15, -0.1) is 0 Å². The van der Waals surface area contributed by atoms with Gasteiger partial charge in [0.15, 0.2) is 5.69 Å². The van der Waals surface area contributed by atoms with E-state index in [9.17, 15) is 14.4 Å². The molecule has 2 amide bonds. The van der Waals surface area contributed by atoms with E-state index in [4.69, 9.17) is 4.74 Å². The zero-order valence-electron chi connectivity index (χ0n) is 18.7. The van der Waals surface area contributed by atoms with Crippen molar-refractivity contribution in [3.63, 3.8) is 0 Å². The zero-order chi connectivity index (χ0) is 22.7. The lowest BCUT2D eigenvalue weighted by atomic mass is 9.91. The number of carbonyl (C=O) groups is 3. The molecule has 1 aromatic carbocycles. The molecule has 0 spiro atoms. The number of ether oxygens (including phenoxy) is 1. The van der Waals surface area contributed by atoms with Crippen LogP contribution in [0.3, 0.4) is 0 Å². The largest absolute Gasteiger partial charge is 0.461 e. The highest BCUT2D eigenvalue weighted by Crippen LogP contribution is 2.30. The Morgan fingerprint density at radius 2 is 1.91 bits per heavy atom. The van der Waals surface area contributed by atoms with E-state index in [1.54, 1.807) is 18.7 Å². The zero-order valence-corrected chi connectivity index (χ0v) is 18.7. The van der Waals surface area contributed by atoms with Gasteiger partial charge in [0, 0.05) is 18.7 Å². The molecule has 4 rings (SSSR count). The van der Waals surface area contributed by atoms with Crippen molar-refractivity contribution < 1.29 is 19.1 Å². The fourth-order valence-corrected chi connectivity index (χ4v) is 4.55. The summed E-state index contributed by atoms with van der Waals surface area (Å²) in [7, 11) is 0. The van der Waals surface area contributed by atoms with Gasteiger partial charge in [0.25, 0.3) is 5.91 Å². The van der Waals surface area contributed by atoms with Crippen molar-refractivity contribution in [1.29, 1.82) is 0 Å². The average Bonchev–Trinajstić information content (AvgIpc) is 3.22. The molecule has 0 radical (unpaired) electrons. The van der Waals surface area contributed by atoms with E-state index in [1.807, 2.05) is 30.3 Å². The summed E-state index contributed by atoms with van der Waals surface area (Å²) in [6.45, 7) is 4.16. The third kappa shape index (κ3) is 4.26. The highest BCUT2D eigenvalue weighted by molar-refractivity contribution is 6.01. The van der Waals surface area contributed by atoms with Crippen molar-refractivity contribution >= 4 is 17.8 Å². The summed E-state index contributed by atoms with van der Waals surface area (Å²) in [5.41, 5.74) is 0.143. The molecular formula is C24H30N4O4. The van der Waals surface area contributed by atoms with Crippen molar-refractivity contribution in [3.05, 3.63) is 53.3 Å². The molecule has 170 valence electrons. The summed E-state index contributed by atoms with van der Waals surface area (Å²) in [5, 5.41) is 7.48. The van der Waals surface area contributed by atoms with E-state index in [0.717, 1.165) is 31.2 Å². The number of nitrogens with one attached hydrogen (secondary N) is 1. The summed E-state index contributed by atoms with van der Waals surface area (Å²) in [6.07, 6.45) is 5.29. The molecule has 0 unspecified atom stereocenters. The number of aromatic nitrogens is 2. The Morgan fingerprint density at radius 1 is 1.19 bits per heavy atom. The van der Waals surface area contributed by atoms with Crippen LogP contribution in [0.4, 0.5) is 0 Å². The van der Waals surface area contributed by atoms with Gasteiger partial charge >= 0.3 is 5.97 Å². The van der Waals surface area contributed by atoms with Crippen molar-refractivity contribution in [1.82, 2.24) is 20.0 Å². The van der Waals surface area contributed by atoms with Crippen molar-refractivity contribution in [2.45, 2.75) is 70.6 Å². The van der Waals surface area contributed by atoms with Gasteiger partial charge in [-0.3, -0.25) is 14.3 Å². The molecule has 8 heteroatoms. The number of esters is 1. The number of benzene rings is 1. The lowest BCUT2D eigenvalue weighted by Gasteiger charge is -2.44. The van der Waals surface area contributed by atoms with Gasteiger partial charge in [0.2, 0.25) is 5.91 Å². The third-order valence-electron chi connectivity index (χ3n) is 6.40. The van der Waals surface area contributed by atoms with Crippen LogP contribution in [-0.4, -0.2) is 50.7 Å². The van der Waals surface area contributed by atoms with Crippen LogP contribution >= 0.6 is 0 Å². The number of fused-ring (bicyclic) bond motifs is 1. The molecule has 2 heterocycles. The van der Waals surface area contributed by atoms with E-state index >= 15 is 0 Å². The van der Waals surface area contributed by atoms with Crippen LogP contribution < -0.4 is 5.32 Å². The lowest BCUT2D eigenvalue weighted by molar-refractivity contribution is -0.134. The Morgan fingerprint density at radius 3 is 2.59 bits per heavy atom. The number of nitrogens with zero attached hydrogens (tertiary/aromatic N) is 3. The molecule has 1 aliphatic carbocycles. The van der Waals surface area contributed by atoms with Crippen LogP contribution in [0.1, 0.15) is 72.5 Å². The Hall–Kier alpha value is -3.16. The summed E-state index contributed by atoms with van der Waals surface area (Å²) < 4.78 is 6.51. The molecule has 1 N–H and O–H groups in total. The number of hydrogen-bond acceptors (Lipinski definition) is 5. The number of amides is 2. The molecular weight excluding hydrogens is 408 g/mol. The summed E-state index contributed by atoms with van der Waals surface area (Å²) in [5.74, 6) is -1.10. The molecule has 8 nitrogen and oxygen atoms in total. The van der Waals surface area contributed by atoms with Gasteiger partial charge in [-0.2, -0.15) is 5.10 Å². The van der Waals surface area contributed by atoms with Crippen LogP contribution in [0.15, 0.2) is 36.4 Å². The smallest absolute Gasteiger partial charge is 0.358 e. The monoisotopic (exact) mass is 438 g/mol. The second-order valence-electron chi connectivity index (χ2n) is 8.75. The number of hydrogen-bond donors (Lipinski definition) is 1. The van der Waals surface area contributed by atoms with Gasteiger partial charge in [-0.25, -0.2) is 4.79 Å². The van der Waals surface area contributed by atoms with Crippen LogP contribution in [0.2, 0.25) is 0 Å². The topological polar surface area (TPSA) is 93.5 Å². The molecule has 1 aromatic heterocycles. The minimum atomic E-state index is -1.14. The van der Waals surface area contributed by atoms with Gasteiger partial charge in [-0.05, 0) is 32.3 Å². The summed E-state index contributed by atoms with van der Waals surface area (Å²) in [4.78, 5) is 40.9. The Kier molecular flexibility index (Phi) is 6.30. The Balaban J connectivity index is 1.67. The second kappa shape index (κ2) is 9.14. The molecule has 1 saturated carbocycles. The fraction of sp³-hybridized carbons (Fsp3) is 0.500. The van der Waals surface area contributed by atoms with E-state index in [1.165, 1.54) is 17.2 Å². The fourth-order valence-electron chi connectivity index (χ4n) is 4.55. The standard InChI is InChI=1S/C24H30N4O4/c1-3-32-22(30)19-14-20-21(29)27(15-17-10-6-4-7-11-17)24(2,16-28(20)26-19)23(31)25-18-12-8-5-9-13-18/h4,6-7,10-11,14,18H,3,5,8-9,12-13,15-16H2,1-2H3,(H,25,31)/t24-/m1/s1. The first-order valence-corrected chi connectivity index (χ1v) is 11.3. The molecule has 32 heavy (non-hydrogen) atoms.